The number of halogens is 2. The molecule has 1 heterocycles. The molecule has 16 heavy (non-hydrogen) atoms. The average Bonchev–Trinajstić information content (AvgIpc) is 2.31. The molecule has 2 aromatic rings. The molecule has 0 bridgehead atoms. The number of ether oxygens (including phenoxy) is 1. The SMILES string of the molecule is COc1ccc(Cl)c(-c2ccccn2)c1Cl. The van der Waals surface area contributed by atoms with Gasteiger partial charge in [-0.05, 0) is 24.3 Å². The smallest absolute Gasteiger partial charge is 0.138 e. The highest BCUT2D eigenvalue weighted by Crippen LogP contribution is 2.39. The van der Waals surface area contributed by atoms with Gasteiger partial charge in [0.15, 0.2) is 0 Å². The van der Waals surface area contributed by atoms with E-state index < -0.39 is 0 Å². The maximum Gasteiger partial charge on any atom is 0.138 e. The molecule has 2 rings (SSSR count). The standard InChI is InChI=1S/C12H9Cl2NO/c1-16-10-6-5-8(13)11(12(10)14)9-4-2-3-7-15-9/h2-7H,1H3. The van der Waals surface area contributed by atoms with Crippen LogP contribution in [0.5, 0.6) is 5.75 Å². The van der Waals surface area contributed by atoms with Gasteiger partial charge < -0.3 is 4.74 Å². The molecule has 2 nitrogen and oxygen atoms in total. The fourth-order valence-corrected chi connectivity index (χ4v) is 2.08. The highest BCUT2D eigenvalue weighted by molar-refractivity contribution is 6.40. The van der Waals surface area contributed by atoms with Crippen molar-refractivity contribution in [2.24, 2.45) is 0 Å². The number of methoxy groups -OCH3 is 1. The van der Waals surface area contributed by atoms with Gasteiger partial charge in [-0.25, -0.2) is 0 Å². The first-order chi connectivity index (χ1) is 7.74. The Morgan fingerprint density at radius 2 is 1.94 bits per heavy atom. The monoisotopic (exact) mass is 253 g/mol. The fraction of sp³-hybridized carbons (Fsp3) is 0.0833. The lowest BCUT2D eigenvalue weighted by atomic mass is 10.1. The van der Waals surface area contributed by atoms with Crippen LogP contribution in [0, 0.1) is 0 Å². The van der Waals surface area contributed by atoms with Crippen LogP contribution in [0.15, 0.2) is 36.5 Å². The third-order valence-corrected chi connectivity index (χ3v) is 2.89. The molecule has 0 saturated heterocycles. The van der Waals surface area contributed by atoms with Crippen LogP contribution in [0.25, 0.3) is 11.3 Å². The van der Waals surface area contributed by atoms with Crippen molar-refractivity contribution in [1.82, 2.24) is 4.98 Å². The molecule has 0 spiro atoms. The van der Waals surface area contributed by atoms with Crippen molar-refractivity contribution in [3.63, 3.8) is 0 Å². The summed E-state index contributed by atoms with van der Waals surface area (Å²) in [6, 6.07) is 9.06. The van der Waals surface area contributed by atoms with Crippen LogP contribution in [0.1, 0.15) is 0 Å². The Morgan fingerprint density at radius 1 is 1.12 bits per heavy atom. The summed E-state index contributed by atoms with van der Waals surface area (Å²) in [7, 11) is 1.57. The second-order valence-corrected chi connectivity index (χ2v) is 3.94. The molecular weight excluding hydrogens is 245 g/mol. The Balaban J connectivity index is 2.64. The summed E-state index contributed by atoms with van der Waals surface area (Å²) in [6.45, 7) is 0. The van der Waals surface area contributed by atoms with Gasteiger partial charge in [-0.3, -0.25) is 4.98 Å². The summed E-state index contributed by atoms with van der Waals surface area (Å²) >= 11 is 12.3. The van der Waals surface area contributed by atoms with Gasteiger partial charge >= 0.3 is 0 Å². The summed E-state index contributed by atoms with van der Waals surface area (Å²) in [6.07, 6.45) is 1.70. The zero-order valence-electron chi connectivity index (χ0n) is 8.58. The number of hydrogen-bond donors (Lipinski definition) is 0. The van der Waals surface area contributed by atoms with Crippen LogP contribution in [-0.2, 0) is 0 Å². The summed E-state index contributed by atoms with van der Waals surface area (Å²) in [5, 5.41) is 1.04. The van der Waals surface area contributed by atoms with Gasteiger partial charge in [0.1, 0.15) is 5.75 Å². The molecule has 4 heteroatoms. The third kappa shape index (κ3) is 1.99. The molecular formula is C12H9Cl2NO. The van der Waals surface area contributed by atoms with Gasteiger partial charge in [0, 0.05) is 11.8 Å². The van der Waals surface area contributed by atoms with E-state index in [4.69, 9.17) is 27.9 Å². The van der Waals surface area contributed by atoms with Crippen LogP contribution >= 0.6 is 23.2 Å². The van der Waals surface area contributed by atoms with Crippen LogP contribution in [-0.4, -0.2) is 12.1 Å². The van der Waals surface area contributed by atoms with Crippen LogP contribution in [0.3, 0.4) is 0 Å². The van der Waals surface area contributed by atoms with Crippen LogP contribution in [0.4, 0.5) is 0 Å². The predicted octanol–water partition coefficient (Wildman–Crippen LogP) is 4.06. The van der Waals surface area contributed by atoms with Gasteiger partial charge in [-0.1, -0.05) is 29.3 Å². The topological polar surface area (TPSA) is 22.1 Å². The van der Waals surface area contributed by atoms with E-state index in [9.17, 15) is 0 Å². The first-order valence-electron chi connectivity index (χ1n) is 4.67. The Kier molecular flexibility index (Phi) is 3.32. The van der Waals surface area contributed by atoms with E-state index in [1.165, 1.54) is 0 Å². The van der Waals surface area contributed by atoms with Gasteiger partial charge in [0.25, 0.3) is 0 Å². The van der Waals surface area contributed by atoms with Gasteiger partial charge in [-0.15, -0.1) is 0 Å². The molecule has 0 aliphatic rings. The molecule has 0 aliphatic heterocycles. The Morgan fingerprint density at radius 3 is 2.56 bits per heavy atom. The fourth-order valence-electron chi connectivity index (χ4n) is 1.44. The first-order valence-corrected chi connectivity index (χ1v) is 5.43. The number of pyridine rings is 1. The maximum absolute atomic E-state index is 6.20. The lowest BCUT2D eigenvalue weighted by Crippen LogP contribution is -1.89. The van der Waals surface area contributed by atoms with E-state index in [-0.39, 0.29) is 0 Å². The molecule has 0 radical (unpaired) electrons. The van der Waals surface area contributed by atoms with E-state index in [0.29, 0.717) is 21.4 Å². The first kappa shape index (κ1) is 11.2. The second-order valence-electron chi connectivity index (χ2n) is 3.15. The molecule has 0 amide bonds. The van der Waals surface area contributed by atoms with Crippen molar-refractivity contribution < 1.29 is 4.74 Å². The molecule has 1 aromatic heterocycles. The Bertz CT molecular complexity index is 500. The van der Waals surface area contributed by atoms with Gasteiger partial charge in [0.2, 0.25) is 0 Å². The largest absolute Gasteiger partial charge is 0.495 e. The normalized spacial score (nSPS) is 10.2. The highest BCUT2D eigenvalue weighted by atomic mass is 35.5. The molecule has 1 aromatic carbocycles. The zero-order chi connectivity index (χ0) is 11.5. The van der Waals surface area contributed by atoms with E-state index in [0.717, 1.165) is 5.69 Å². The summed E-state index contributed by atoms with van der Waals surface area (Å²) in [5.74, 6) is 0.590. The number of nitrogens with zero attached hydrogens (tertiary/aromatic N) is 1. The molecule has 0 saturated carbocycles. The van der Waals surface area contributed by atoms with Crippen LogP contribution < -0.4 is 4.74 Å². The minimum absolute atomic E-state index is 0.480. The lowest BCUT2D eigenvalue weighted by Gasteiger charge is -2.09. The van der Waals surface area contributed by atoms with E-state index in [1.54, 1.807) is 25.4 Å². The number of hydrogen-bond acceptors (Lipinski definition) is 2. The van der Waals surface area contributed by atoms with Crippen molar-refractivity contribution in [2.45, 2.75) is 0 Å². The van der Waals surface area contributed by atoms with Crippen molar-refractivity contribution in [2.75, 3.05) is 7.11 Å². The summed E-state index contributed by atoms with van der Waals surface area (Å²) in [5.41, 5.74) is 1.43. The van der Waals surface area contributed by atoms with E-state index in [1.807, 2.05) is 18.2 Å². The molecule has 82 valence electrons. The predicted molar refractivity (Wildman–Crippen MR) is 66.2 cm³/mol. The average molecular weight is 254 g/mol. The van der Waals surface area contributed by atoms with E-state index >= 15 is 0 Å². The lowest BCUT2D eigenvalue weighted by molar-refractivity contribution is 0.415. The molecule has 0 atom stereocenters. The van der Waals surface area contributed by atoms with Crippen molar-refractivity contribution in [1.29, 1.82) is 0 Å². The Labute approximate surface area is 104 Å². The molecule has 0 fully saturated rings. The van der Waals surface area contributed by atoms with Crippen molar-refractivity contribution in [3.05, 3.63) is 46.6 Å². The maximum atomic E-state index is 6.20. The van der Waals surface area contributed by atoms with E-state index in [2.05, 4.69) is 4.98 Å². The third-order valence-electron chi connectivity index (χ3n) is 2.20. The number of aromatic nitrogens is 1. The number of rotatable bonds is 2. The minimum atomic E-state index is 0.480. The second kappa shape index (κ2) is 4.73. The van der Waals surface area contributed by atoms with Crippen LogP contribution in [0.2, 0.25) is 10.0 Å². The highest BCUT2D eigenvalue weighted by Gasteiger charge is 2.13. The zero-order valence-corrected chi connectivity index (χ0v) is 10.1. The van der Waals surface area contributed by atoms with Crippen molar-refractivity contribution >= 4 is 23.2 Å². The summed E-state index contributed by atoms with van der Waals surface area (Å²) < 4.78 is 5.14. The molecule has 0 aliphatic carbocycles. The molecule has 0 N–H and O–H groups in total. The minimum Gasteiger partial charge on any atom is -0.495 e. The van der Waals surface area contributed by atoms with Gasteiger partial charge in [-0.2, -0.15) is 0 Å². The van der Waals surface area contributed by atoms with Crippen molar-refractivity contribution in [3.8, 4) is 17.0 Å². The molecule has 0 unspecified atom stereocenters. The van der Waals surface area contributed by atoms with Gasteiger partial charge in [0.05, 0.1) is 22.8 Å². The Hall–Kier alpha value is -1.25. The quantitative estimate of drug-likeness (QED) is 0.806. The summed E-state index contributed by atoms with van der Waals surface area (Å²) in [4.78, 5) is 4.22. The number of benzene rings is 1.